The summed E-state index contributed by atoms with van der Waals surface area (Å²) in [6, 6.07) is 0. The Balaban J connectivity index is 1.87. The van der Waals surface area contributed by atoms with Crippen molar-refractivity contribution in [3.63, 3.8) is 0 Å². The van der Waals surface area contributed by atoms with Gasteiger partial charge in [-0.15, -0.1) is 11.3 Å². The molecule has 0 bridgehead atoms. The fourth-order valence-corrected chi connectivity index (χ4v) is 2.50. The largest absolute Gasteiger partial charge is 0.350 e. The predicted octanol–water partition coefficient (Wildman–Crippen LogP) is 1.52. The van der Waals surface area contributed by atoms with Crippen molar-refractivity contribution in [2.24, 2.45) is 11.1 Å². The number of carbonyl (C=O) groups is 1. The van der Waals surface area contributed by atoms with Crippen LogP contribution in [-0.4, -0.2) is 17.4 Å². The number of nitrogens with two attached hydrogens (primary N) is 1. The molecular formula is C11H17N3OS. The third-order valence-electron chi connectivity index (χ3n) is 3.20. The van der Waals surface area contributed by atoms with Crippen molar-refractivity contribution >= 4 is 17.2 Å². The SMILES string of the molecule is CC1(CNC(=O)c2csc(CN)n2)CCC1. The van der Waals surface area contributed by atoms with E-state index in [-0.39, 0.29) is 5.91 Å². The molecule has 1 saturated carbocycles. The highest BCUT2D eigenvalue weighted by atomic mass is 32.1. The van der Waals surface area contributed by atoms with Crippen molar-refractivity contribution in [2.45, 2.75) is 32.7 Å². The number of aromatic nitrogens is 1. The number of carbonyl (C=O) groups excluding carboxylic acids is 1. The average Bonchev–Trinajstić information content (AvgIpc) is 2.71. The lowest BCUT2D eigenvalue weighted by Crippen LogP contribution is -2.40. The van der Waals surface area contributed by atoms with Gasteiger partial charge in [-0.2, -0.15) is 0 Å². The maximum atomic E-state index is 11.8. The highest BCUT2D eigenvalue weighted by Gasteiger charge is 2.32. The second-order valence-corrected chi connectivity index (χ2v) is 5.62. The van der Waals surface area contributed by atoms with E-state index in [1.807, 2.05) is 0 Å². The topological polar surface area (TPSA) is 68.0 Å². The smallest absolute Gasteiger partial charge is 0.270 e. The number of rotatable bonds is 4. The monoisotopic (exact) mass is 239 g/mol. The van der Waals surface area contributed by atoms with Crippen LogP contribution in [0.1, 0.15) is 41.7 Å². The summed E-state index contributed by atoms with van der Waals surface area (Å²) in [7, 11) is 0. The van der Waals surface area contributed by atoms with Gasteiger partial charge in [-0.05, 0) is 18.3 Å². The van der Waals surface area contributed by atoms with Crippen LogP contribution in [0.2, 0.25) is 0 Å². The van der Waals surface area contributed by atoms with Crippen molar-refractivity contribution in [1.29, 1.82) is 0 Å². The van der Waals surface area contributed by atoms with Gasteiger partial charge in [0.25, 0.3) is 5.91 Å². The lowest BCUT2D eigenvalue weighted by molar-refractivity contribution is 0.0886. The molecule has 1 fully saturated rings. The molecule has 5 heteroatoms. The molecule has 1 heterocycles. The summed E-state index contributed by atoms with van der Waals surface area (Å²) >= 11 is 1.43. The summed E-state index contributed by atoms with van der Waals surface area (Å²) in [6.45, 7) is 3.36. The first-order chi connectivity index (χ1) is 7.63. The van der Waals surface area contributed by atoms with Crippen LogP contribution < -0.4 is 11.1 Å². The molecule has 0 aromatic carbocycles. The van der Waals surface area contributed by atoms with Crippen LogP contribution >= 0.6 is 11.3 Å². The Morgan fingerprint density at radius 3 is 2.94 bits per heavy atom. The minimum Gasteiger partial charge on any atom is -0.350 e. The molecule has 1 amide bonds. The molecule has 4 nitrogen and oxygen atoms in total. The van der Waals surface area contributed by atoms with E-state index in [2.05, 4.69) is 17.2 Å². The van der Waals surface area contributed by atoms with E-state index >= 15 is 0 Å². The van der Waals surface area contributed by atoms with Crippen molar-refractivity contribution < 1.29 is 4.79 Å². The van der Waals surface area contributed by atoms with Crippen LogP contribution in [0.15, 0.2) is 5.38 Å². The maximum Gasteiger partial charge on any atom is 0.270 e. The number of hydrogen-bond acceptors (Lipinski definition) is 4. The molecule has 1 aromatic heterocycles. The van der Waals surface area contributed by atoms with Crippen LogP contribution in [0, 0.1) is 5.41 Å². The van der Waals surface area contributed by atoms with E-state index in [0.29, 0.717) is 17.7 Å². The normalized spacial score (nSPS) is 17.9. The number of nitrogens with one attached hydrogen (secondary N) is 1. The minimum atomic E-state index is -0.0796. The van der Waals surface area contributed by atoms with Gasteiger partial charge in [0, 0.05) is 18.5 Å². The molecule has 2 rings (SSSR count). The zero-order valence-electron chi connectivity index (χ0n) is 9.45. The third-order valence-corrected chi connectivity index (χ3v) is 4.07. The highest BCUT2D eigenvalue weighted by molar-refractivity contribution is 7.09. The van der Waals surface area contributed by atoms with Crippen LogP contribution in [0.3, 0.4) is 0 Å². The Morgan fingerprint density at radius 2 is 2.44 bits per heavy atom. The standard InChI is InChI=1S/C11H17N3OS/c1-11(3-2-4-11)7-13-10(15)8-6-16-9(5-12)14-8/h6H,2-5,7,12H2,1H3,(H,13,15). The van der Waals surface area contributed by atoms with E-state index < -0.39 is 0 Å². The van der Waals surface area contributed by atoms with Crippen molar-refractivity contribution in [3.8, 4) is 0 Å². The molecule has 88 valence electrons. The molecular weight excluding hydrogens is 222 g/mol. The zero-order chi connectivity index (χ0) is 11.6. The maximum absolute atomic E-state index is 11.8. The van der Waals surface area contributed by atoms with Gasteiger partial charge in [0.2, 0.25) is 0 Å². The van der Waals surface area contributed by atoms with Gasteiger partial charge in [-0.3, -0.25) is 4.79 Å². The molecule has 0 unspecified atom stereocenters. The zero-order valence-corrected chi connectivity index (χ0v) is 10.3. The summed E-state index contributed by atoms with van der Waals surface area (Å²) in [4.78, 5) is 15.9. The first kappa shape index (κ1) is 11.5. The molecule has 0 aliphatic heterocycles. The molecule has 3 N–H and O–H groups in total. The fraction of sp³-hybridized carbons (Fsp3) is 0.636. The van der Waals surface area contributed by atoms with Gasteiger partial charge < -0.3 is 11.1 Å². The number of thiazole rings is 1. The summed E-state index contributed by atoms with van der Waals surface area (Å²) in [6.07, 6.45) is 3.69. The Bertz CT molecular complexity index is 384. The Kier molecular flexibility index (Phi) is 3.25. The van der Waals surface area contributed by atoms with Crippen molar-refractivity contribution in [2.75, 3.05) is 6.54 Å². The van der Waals surface area contributed by atoms with Gasteiger partial charge in [-0.1, -0.05) is 13.3 Å². The highest BCUT2D eigenvalue weighted by Crippen LogP contribution is 2.39. The van der Waals surface area contributed by atoms with E-state index in [0.717, 1.165) is 11.6 Å². The van der Waals surface area contributed by atoms with Gasteiger partial charge in [0.05, 0.1) is 0 Å². The van der Waals surface area contributed by atoms with Crippen molar-refractivity contribution in [1.82, 2.24) is 10.3 Å². The second kappa shape index (κ2) is 4.51. The second-order valence-electron chi connectivity index (χ2n) is 4.68. The van der Waals surface area contributed by atoms with Gasteiger partial charge in [0.15, 0.2) is 0 Å². The number of nitrogens with zero attached hydrogens (tertiary/aromatic N) is 1. The van der Waals surface area contributed by atoms with Crippen LogP contribution in [-0.2, 0) is 6.54 Å². The molecule has 0 spiro atoms. The summed E-state index contributed by atoms with van der Waals surface area (Å²) < 4.78 is 0. The van der Waals surface area contributed by atoms with Crippen molar-refractivity contribution in [3.05, 3.63) is 16.1 Å². The number of hydrogen-bond donors (Lipinski definition) is 2. The minimum absolute atomic E-state index is 0.0796. The quantitative estimate of drug-likeness (QED) is 0.837. The summed E-state index contributed by atoms with van der Waals surface area (Å²) in [5, 5.41) is 5.51. The van der Waals surface area contributed by atoms with E-state index in [1.54, 1.807) is 5.38 Å². The molecule has 1 aliphatic rings. The number of amides is 1. The van der Waals surface area contributed by atoms with Gasteiger partial charge in [0.1, 0.15) is 10.7 Å². The van der Waals surface area contributed by atoms with E-state index in [1.165, 1.54) is 30.6 Å². The summed E-state index contributed by atoms with van der Waals surface area (Å²) in [5.41, 5.74) is 6.26. The Labute approximate surface area is 99.3 Å². The molecule has 16 heavy (non-hydrogen) atoms. The molecule has 0 saturated heterocycles. The lowest BCUT2D eigenvalue weighted by atomic mass is 9.70. The molecule has 1 aliphatic carbocycles. The molecule has 0 atom stereocenters. The van der Waals surface area contributed by atoms with Crippen LogP contribution in [0.5, 0.6) is 0 Å². The van der Waals surface area contributed by atoms with E-state index in [9.17, 15) is 4.79 Å². The molecule has 1 aromatic rings. The Hall–Kier alpha value is -0.940. The fourth-order valence-electron chi connectivity index (χ4n) is 1.85. The first-order valence-corrected chi connectivity index (χ1v) is 6.44. The average molecular weight is 239 g/mol. The van der Waals surface area contributed by atoms with Gasteiger partial charge >= 0.3 is 0 Å². The van der Waals surface area contributed by atoms with E-state index in [4.69, 9.17) is 5.73 Å². The van der Waals surface area contributed by atoms with Crippen LogP contribution in [0.4, 0.5) is 0 Å². The summed E-state index contributed by atoms with van der Waals surface area (Å²) in [5.74, 6) is -0.0796. The van der Waals surface area contributed by atoms with Crippen LogP contribution in [0.25, 0.3) is 0 Å². The first-order valence-electron chi connectivity index (χ1n) is 5.56. The molecule has 0 radical (unpaired) electrons. The lowest BCUT2D eigenvalue weighted by Gasteiger charge is -2.38. The predicted molar refractivity (Wildman–Crippen MR) is 64.3 cm³/mol. The third kappa shape index (κ3) is 2.41. The Morgan fingerprint density at radius 1 is 1.69 bits per heavy atom. The van der Waals surface area contributed by atoms with Gasteiger partial charge in [-0.25, -0.2) is 4.98 Å².